The third kappa shape index (κ3) is 2.08. The fraction of sp³-hybridized carbons (Fsp3) is 0.643. The van der Waals surface area contributed by atoms with E-state index in [1.165, 1.54) is 5.56 Å². The zero-order chi connectivity index (χ0) is 12.5. The van der Waals surface area contributed by atoms with E-state index in [4.69, 9.17) is 0 Å². The van der Waals surface area contributed by atoms with Crippen molar-refractivity contribution >= 4 is 17.2 Å². The fourth-order valence-electron chi connectivity index (χ4n) is 3.20. The van der Waals surface area contributed by atoms with Gasteiger partial charge in [-0.2, -0.15) is 11.3 Å². The van der Waals surface area contributed by atoms with Gasteiger partial charge in [0.1, 0.15) is 0 Å². The molecule has 2 saturated heterocycles. The van der Waals surface area contributed by atoms with Crippen molar-refractivity contribution in [2.75, 3.05) is 19.6 Å². The lowest BCUT2D eigenvalue weighted by molar-refractivity contribution is -0.136. The number of hydrogen-bond acceptors (Lipinski definition) is 3. The Balaban J connectivity index is 1.76. The van der Waals surface area contributed by atoms with Crippen LogP contribution in [0.25, 0.3) is 0 Å². The third-order valence-electron chi connectivity index (χ3n) is 4.30. The van der Waals surface area contributed by atoms with Crippen LogP contribution in [-0.4, -0.2) is 30.4 Å². The lowest BCUT2D eigenvalue weighted by atomic mass is 9.96. The summed E-state index contributed by atoms with van der Waals surface area (Å²) in [5, 5.41) is 7.62. The summed E-state index contributed by atoms with van der Waals surface area (Å²) in [4.78, 5) is 14.8. The van der Waals surface area contributed by atoms with Crippen LogP contribution in [0.1, 0.15) is 31.4 Å². The van der Waals surface area contributed by atoms with Gasteiger partial charge in [-0.25, -0.2) is 0 Å². The number of carbonyl (C=O) groups excluding carboxylic acids is 1. The molecule has 0 aromatic carbocycles. The maximum Gasteiger partial charge on any atom is 0.227 e. The van der Waals surface area contributed by atoms with Crippen molar-refractivity contribution < 1.29 is 4.79 Å². The topological polar surface area (TPSA) is 32.3 Å². The summed E-state index contributed by atoms with van der Waals surface area (Å²) in [6.07, 6.45) is 2.26. The van der Waals surface area contributed by atoms with Crippen LogP contribution in [0, 0.1) is 11.8 Å². The maximum absolute atomic E-state index is 12.7. The Morgan fingerprint density at radius 1 is 1.50 bits per heavy atom. The molecule has 2 aliphatic heterocycles. The molecule has 0 bridgehead atoms. The van der Waals surface area contributed by atoms with E-state index < -0.39 is 0 Å². The maximum atomic E-state index is 12.7. The molecule has 1 aromatic rings. The van der Waals surface area contributed by atoms with Crippen LogP contribution < -0.4 is 5.32 Å². The second-order valence-electron chi connectivity index (χ2n) is 5.49. The predicted octanol–water partition coefficient (Wildman–Crippen LogP) is 2.27. The van der Waals surface area contributed by atoms with Gasteiger partial charge < -0.3 is 10.2 Å². The molecule has 18 heavy (non-hydrogen) atoms. The summed E-state index contributed by atoms with van der Waals surface area (Å²) in [5.74, 6) is 1.02. The standard InChI is InChI=1S/C14H20N2OS/c1-10-7-15-8-12(10)14(17)16-5-2-3-13(16)11-4-6-18-9-11/h4,6,9-10,12-13,15H,2-3,5,7-8H2,1H3/t10-,12-,13?/m1/s1. The van der Waals surface area contributed by atoms with Crippen molar-refractivity contribution in [3.63, 3.8) is 0 Å². The van der Waals surface area contributed by atoms with Gasteiger partial charge in [0.2, 0.25) is 5.91 Å². The van der Waals surface area contributed by atoms with Crippen molar-refractivity contribution in [1.29, 1.82) is 0 Å². The monoisotopic (exact) mass is 264 g/mol. The molecule has 1 N–H and O–H groups in total. The van der Waals surface area contributed by atoms with E-state index in [1.807, 2.05) is 0 Å². The molecule has 1 unspecified atom stereocenters. The van der Waals surface area contributed by atoms with E-state index in [0.29, 0.717) is 17.9 Å². The van der Waals surface area contributed by atoms with Crippen LogP contribution in [-0.2, 0) is 4.79 Å². The molecule has 3 rings (SSSR count). The molecular formula is C14H20N2OS. The summed E-state index contributed by atoms with van der Waals surface area (Å²) >= 11 is 1.72. The number of rotatable bonds is 2. The quantitative estimate of drug-likeness (QED) is 0.888. The average Bonchev–Trinajstić information content (AvgIpc) is 3.09. The first-order chi connectivity index (χ1) is 8.77. The van der Waals surface area contributed by atoms with Gasteiger partial charge in [0.15, 0.2) is 0 Å². The van der Waals surface area contributed by atoms with Gasteiger partial charge in [0, 0.05) is 13.1 Å². The Morgan fingerprint density at radius 3 is 3.06 bits per heavy atom. The lowest BCUT2D eigenvalue weighted by Crippen LogP contribution is -2.38. The second-order valence-corrected chi connectivity index (χ2v) is 6.27. The highest BCUT2D eigenvalue weighted by atomic mass is 32.1. The summed E-state index contributed by atoms with van der Waals surface area (Å²) in [6.45, 7) is 4.95. The van der Waals surface area contributed by atoms with Crippen molar-refractivity contribution in [3.8, 4) is 0 Å². The van der Waals surface area contributed by atoms with Crippen LogP contribution in [0.2, 0.25) is 0 Å². The van der Waals surface area contributed by atoms with E-state index >= 15 is 0 Å². The fourth-order valence-corrected chi connectivity index (χ4v) is 3.90. The minimum absolute atomic E-state index is 0.184. The molecule has 0 spiro atoms. The van der Waals surface area contributed by atoms with Crippen LogP contribution in [0.15, 0.2) is 16.8 Å². The van der Waals surface area contributed by atoms with Gasteiger partial charge in [-0.3, -0.25) is 4.79 Å². The molecule has 2 aliphatic rings. The normalized spacial score (nSPS) is 32.1. The number of nitrogens with zero attached hydrogens (tertiary/aromatic N) is 1. The molecule has 0 aliphatic carbocycles. The molecule has 1 aromatic heterocycles. The predicted molar refractivity (Wildman–Crippen MR) is 73.5 cm³/mol. The molecule has 2 fully saturated rings. The first kappa shape index (κ1) is 12.2. The summed E-state index contributed by atoms with van der Waals surface area (Å²) in [6, 6.07) is 2.49. The zero-order valence-electron chi connectivity index (χ0n) is 10.8. The number of hydrogen-bond donors (Lipinski definition) is 1. The van der Waals surface area contributed by atoms with Gasteiger partial charge in [-0.1, -0.05) is 6.92 Å². The third-order valence-corrected chi connectivity index (χ3v) is 5.00. The Labute approximate surface area is 112 Å². The van der Waals surface area contributed by atoms with Crippen molar-refractivity contribution in [2.45, 2.75) is 25.8 Å². The molecule has 3 atom stereocenters. The van der Waals surface area contributed by atoms with Gasteiger partial charge in [0.25, 0.3) is 0 Å². The first-order valence-electron chi connectivity index (χ1n) is 6.80. The van der Waals surface area contributed by atoms with Gasteiger partial charge in [0.05, 0.1) is 12.0 Å². The molecule has 3 nitrogen and oxygen atoms in total. The summed E-state index contributed by atoms with van der Waals surface area (Å²) in [7, 11) is 0. The molecule has 98 valence electrons. The molecule has 0 radical (unpaired) electrons. The summed E-state index contributed by atoms with van der Waals surface area (Å²) in [5.41, 5.74) is 1.32. The number of thiophene rings is 1. The largest absolute Gasteiger partial charge is 0.335 e. The van der Waals surface area contributed by atoms with E-state index in [1.54, 1.807) is 11.3 Å². The summed E-state index contributed by atoms with van der Waals surface area (Å²) < 4.78 is 0. The smallest absolute Gasteiger partial charge is 0.227 e. The van der Waals surface area contributed by atoms with E-state index in [-0.39, 0.29) is 5.92 Å². The minimum Gasteiger partial charge on any atom is -0.335 e. The van der Waals surface area contributed by atoms with Gasteiger partial charge >= 0.3 is 0 Å². The number of amides is 1. The first-order valence-corrected chi connectivity index (χ1v) is 7.75. The molecule has 4 heteroatoms. The van der Waals surface area contributed by atoms with Gasteiger partial charge in [-0.05, 0) is 47.7 Å². The number of carbonyl (C=O) groups is 1. The van der Waals surface area contributed by atoms with Crippen LogP contribution in [0.5, 0.6) is 0 Å². The average molecular weight is 264 g/mol. The van der Waals surface area contributed by atoms with E-state index in [0.717, 1.165) is 32.5 Å². The highest BCUT2D eigenvalue weighted by Gasteiger charge is 2.37. The lowest BCUT2D eigenvalue weighted by Gasteiger charge is -2.28. The van der Waals surface area contributed by atoms with Crippen molar-refractivity contribution in [3.05, 3.63) is 22.4 Å². The van der Waals surface area contributed by atoms with Crippen LogP contribution in [0.4, 0.5) is 0 Å². The minimum atomic E-state index is 0.184. The Hall–Kier alpha value is -0.870. The van der Waals surface area contributed by atoms with Crippen molar-refractivity contribution in [1.82, 2.24) is 10.2 Å². The highest BCUT2D eigenvalue weighted by Crippen LogP contribution is 2.35. The molecule has 1 amide bonds. The Kier molecular flexibility index (Phi) is 3.39. The van der Waals surface area contributed by atoms with Gasteiger partial charge in [-0.15, -0.1) is 0 Å². The second kappa shape index (κ2) is 5.02. The zero-order valence-corrected chi connectivity index (χ0v) is 11.6. The Bertz CT molecular complexity index is 417. The number of nitrogens with one attached hydrogen (secondary N) is 1. The highest BCUT2D eigenvalue weighted by molar-refractivity contribution is 7.07. The van der Waals surface area contributed by atoms with E-state index in [9.17, 15) is 4.79 Å². The Morgan fingerprint density at radius 2 is 2.39 bits per heavy atom. The van der Waals surface area contributed by atoms with Crippen molar-refractivity contribution in [2.24, 2.45) is 11.8 Å². The molecule has 0 saturated carbocycles. The SMILES string of the molecule is C[C@@H]1CNC[C@H]1C(=O)N1CCCC1c1ccsc1. The van der Waals surface area contributed by atoms with Crippen LogP contribution in [0.3, 0.4) is 0 Å². The van der Waals surface area contributed by atoms with E-state index in [2.05, 4.69) is 34.0 Å². The van der Waals surface area contributed by atoms with Crippen LogP contribution >= 0.6 is 11.3 Å². The molecular weight excluding hydrogens is 244 g/mol. The number of likely N-dealkylation sites (tertiary alicyclic amines) is 1. The molecule has 3 heterocycles.